The SMILES string of the molecule is CCCCCCCCCCC[C@@H](O)COS(=O)(=O)c1ccc(C)cc1. The van der Waals surface area contributed by atoms with Crippen molar-refractivity contribution in [1.29, 1.82) is 0 Å². The maximum atomic E-state index is 12.0. The van der Waals surface area contributed by atoms with Crippen molar-refractivity contribution >= 4 is 10.1 Å². The molecule has 0 amide bonds. The lowest BCUT2D eigenvalue weighted by atomic mass is 10.1. The summed E-state index contributed by atoms with van der Waals surface area (Å²) in [6.07, 6.45) is 10.8. The average Bonchev–Trinajstić information content (AvgIpc) is 2.59. The second-order valence-corrected chi connectivity index (χ2v) is 8.44. The van der Waals surface area contributed by atoms with Crippen LogP contribution in [0.4, 0.5) is 0 Å². The molecule has 0 radical (unpaired) electrons. The first-order valence-corrected chi connectivity index (χ1v) is 11.0. The van der Waals surface area contributed by atoms with Gasteiger partial charge in [-0.25, -0.2) is 0 Å². The van der Waals surface area contributed by atoms with Crippen molar-refractivity contribution in [3.63, 3.8) is 0 Å². The van der Waals surface area contributed by atoms with Gasteiger partial charge in [-0.3, -0.25) is 4.18 Å². The van der Waals surface area contributed by atoms with Crippen LogP contribution >= 0.6 is 0 Å². The lowest BCUT2D eigenvalue weighted by molar-refractivity contribution is 0.100. The summed E-state index contributed by atoms with van der Waals surface area (Å²) in [5.74, 6) is 0. The van der Waals surface area contributed by atoms with E-state index in [-0.39, 0.29) is 11.5 Å². The van der Waals surface area contributed by atoms with E-state index in [1.807, 2.05) is 6.92 Å². The van der Waals surface area contributed by atoms with Gasteiger partial charge in [0.25, 0.3) is 10.1 Å². The minimum absolute atomic E-state index is 0.133. The zero-order valence-electron chi connectivity index (χ0n) is 15.7. The zero-order valence-corrected chi connectivity index (χ0v) is 16.6. The van der Waals surface area contributed by atoms with Crippen LogP contribution in [0.1, 0.15) is 76.7 Å². The van der Waals surface area contributed by atoms with Gasteiger partial charge in [0, 0.05) is 0 Å². The number of aliphatic hydroxyl groups excluding tert-OH is 1. The Morgan fingerprint density at radius 1 is 0.920 bits per heavy atom. The Labute approximate surface area is 153 Å². The molecule has 0 aliphatic carbocycles. The number of rotatable bonds is 14. The molecule has 0 fully saturated rings. The second-order valence-electron chi connectivity index (χ2n) is 6.82. The van der Waals surface area contributed by atoms with Crippen molar-refractivity contribution in [2.75, 3.05) is 6.61 Å². The van der Waals surface area contributed by atoms with Crippen LogP contribution in [0.5, 0.6) is 0 Å². The van der Waals surface area contributed by atoms with E-state index in [4.69, 9.17) is 4.18 Å². The van der Waals surface area contributed by atoms with Gasteiger partial charge < -0.3 is 5.11 Å². The highest BCUT2D eigenvalue weighted by Gasteiger charge is 2.17. The maximum absolute atomic E-state index is 12.0. The molecule has 0 saturated carbocycles. The molecule has 0 bridgehead atoms. The van der Waals surface area contributed by atoms with Crippen LogP contribution in [0.2, 0.25) is 0 Å². The van der Waals surface area contributed by atoms with Gasteiger partial charge in [-0.05, 0) is 25.5 Å². The fourth-order valence-electron chi connectivity index (χ4n) is 2.72. The highest BCUT2D eigenvalue weighted by molar-refractivity contribution is 7.86. The third-order valence-electron chi connectivity index (χ3n) is 4.37. The molecule has 1 aromatic carbocycles. The van der Waals surface area contributed by atoms with E-state index >= 15 is 0 Å². The Bertz CT molecular complexity index is 552. The predicted molar refractivity (Wildman–Crippen MR) is 102 cm³/mol. The van der Waals surface area contributed by atoms with Crippen molar-refractivity contribution in [2.45, 2.75) is 89.1 Å². The summed E-state index contributed by atoms with van der Waals surface area (Å²) in [5.41, 5.74) is 0.990. The van der Waals surface area contributed by atoms with E-state index in [0.29, 0.717) is 6.42 Å². The van der Waals surface area contributed by atoms with Crippen molar-refractivity contribution < 1.29 is 17.7 Å². The van der Waals surface area contributed by atoms with Gasteiger partial charge in [0.05, 0.1) is 17.6 Å². The molecule has 1 N–H and O–H groups in total. The molecule has 0 saturated heterocycles. The van der Waals surface area contributed by atoms with Crippen LogP contribution < -0.4 is 0 Å². The quantitative estimate of drug-likeness (QED) is 0.370. The van der Waals surface area contributed by atoms with Gasteiger partial charge in [-0.2, -0.15) is 8.42 Å². The Morgan fingerprint density at radius 3 is 2.00 bits per heavy atom. The standard InChI is InChI=1S/C20H34O4S/c1-3-4-5-6-7-8-9-10-11-12-19(21)17-24-25(22,23)20-15-13-18(2)14-16-20/h13-16,19,21H,3-12,17H2,1-2H3/t19-/m1/s1. The second kappa shape index (κ2) is 12.4. The normalized spacial score (nSPS) is 13.1. The van der Waals surface area contributed by atoms with Gasteiger partial charge in [-0.1, -0.05) is 82.4 Å². The Hall–Kier alpha value is -0.910. The van der Waals surface area contributed by atoms with E-state index in [9.17, 15) is 13.5 Å². The number of aryl methyl sites for hydroxylation is 1. The molecule has 1 aromatic rings. The van der Waals surface area contributed by atoms with Crippen LogP contribution in [-0.2, 0) is 14.3 Å². The van der Waals surface area contributed by atoms with Crippen LogP contribution in [0.25, 0.3) is 0 Å². The third-order valence-corrected chi connectivity index (χ3v) is 5.66. The molecule has 0 heterocycles. The van der Waals surface area contributed by atoms with Gasteiger partial charge in [-0.15, -0.1) is 0 Å². The summed E-state index contributed by atoms with van der Waals surface area (Å²) in [7, 11) is -3.78. The molecule has 1 atom stereocenters. The minimum atomic E-state index is -3.78. The average molecular weight is 371 g/mol. The van der Waals surface area contributed by atoms with Crippen LogP contribution in [-0.4, -0.2) is 26.2 Å². The summed E-state index contributed by atoms with van der Waals surface area (Å²) >= 11 is 0. The maximum Gasteiger partial charge on any atom is 0.297 e. The summed E-state index contributed by atoms with van der Waals surface area (Å²) < 4.78 is 29.0. The number of benzene rings is 1. The third kappa shape index (κ3) is 9.97. The molecule has 0 aromatic heterocycles. The molecule has 1 rings (SSSR count). The Kier molecular flexibility index (Phi) is 11.0. The molecule has 144 valence electrons. The molecule has 25 heavy (non-hydrogen) atoms. The van der Waals surface area contributed by atoms with Gasteiger partial charge >= 0.3 is 0 Å². The van der Waals surface area contributed by atoms with Gasteiger partial charge in [0.15, 0.2) is 0 Å². The summed E-state index contributed by atoms with van der Waals surface area (Å²) in [5, 5.41) is 9.91. The van der Waals surface area contributed by atoms with E-state index in [0.717, 1.165) is 18.4 Å². The molecule has 0 aliphatic rings. The minimum Gasteiger partial charge on any atom is -0.391 e. The van der Waals surface area contributed by atoms with E-state index in [1.165, 1.54) is 57.1 Å². The smallest absolute Gasteiger partial charge is 0.297 e. The summed E-state index contributed by atoms with van der Waals surface area (Å²) in [6, 6.07) is 6.51. The monoisotopic (exact) mass is 370 g/mol. The molecule has 0 spiro atoms. The number of unbranched alkanes of at least 4 members (excludes halogenated alkanes) is 8. The topological polar surface area (TPSA) is 63.6 Å². The van der Waals surface area contributed by atoms with E-state index in [1.54, 1.807) is 12.1 Å². The number of aliphatic hydroxyl groups is 1. The van der Waals surface area contributed by atoms with Crippen molar-refractivity contribution in [2.24, 2.45) is 0 Å². The molecule has 0 unspecified atom stereocenters. The van der Waals surface area contributed by atoms with E-state index < -0.39 is 16.2 Å². The van der Waals surface area contributed by atoms with Gasteiger partial charge in [0.2, 0.25) is 0 Å². The Balaban J connectivity index is 2.12. The first kappa shape index (κ1) is 22.1. The Morgan fingerprint density at radius 2 is 1.44 bits per heavy atom. The highest BCUT2D eigenvalue weighted by Crippen LogP contribution is 2.15. The lowest BCUT2D eigenvalue weighted by Gasteiger charge is -2.11. The van der Waals surface area contributed by atoms with Crippen molar-refractivity contribution in [3.05, 3.63) is 29.8 Å². The largest absolute Gasteiger partial charge is 0.391 e. The van der Waals surface area contributed by atoms with Crippen LogP contribution in [0.3, 0.4) is 0 Å². The van der Waals surface area contributed by atoms with Crippen LogP contribution in [0, 0.1) is 6.92 Å². The van der Waals surface area contributed by atoms with Crippen molar-refractivity contribution in [3.8, 4) is 0 Å². The van der Waals surface area contributed by atoms with E-state index in [2.05, 4.69) is 6.92 Å². The first-order valence-electron chi connectivity index (χ1n) is 9.60. The number of hydrogen-bond donors (Lipinski definition) is 1. The molecule has 5 heteroatoms. The zero-order chi connectivity index (χ0) is 18.5. The fourth-order valence-corrected chi connectivity index (χ4v) is 3.66. The summed E-state index contributed by atoms with van der Waals surface area (Å²) in [4.78, 5) is 0.133. The predicted octanol–water partition coefficient (Wildman–Crippen LogP) is 4.98. The first-order chi connectivity index (χ1) is 12.0. The summed E-state index contributed by atoms with van der Waals surface area (Å²) in [6.45, 7) is 3.94. The van der Waals surface area contributed by atoms with Gasteiger partial charge in [0.1, 0.15) is 0 Å². The number of hydrogen-bond acceptors (Lipinski definition) is 4. The lowest BCUT2D eigenvalue weighted by Crippen LogP contribution is -2.19. The molecule has 4 nitrogen and oxygen atoms in total. The van der Waals surface area contributed by atoms with Crippen LogP contribution in [0.15, 0.2) is 29.2 Å². The molecular formula is C20H34O4S. The van der Waals surface area contributed by atoms with Crippen molar-refractivity contribution in [1.82, 2.24) is 0 Å². The fraction of sp³-hybridized carbons (Fsp3) is 0.700. The molecule has 0 aliphatic heterocycles. The molecular weight excluding hydrogens is 336 g/mol. The highest BCUT2D eigenvalue weighted by atomic mass is 32.2.